The summed E-state index contributed by atoms with van der Waals surface area (Å²) in [6.45, 7) is 7.55. The summed E-state index contributed by atoms with van der Waals surface area (Å²) < 4.78 is 0. The summed E-state index contributed by atoms with van der Waals surface area (Å²) in [7, 11) is 4.09. The van der Waals surface area contributed by atoms with Gasteiger partial charge in [-0.15, -0.1) is 12.4 Å². The number of nitrogens with zero attached hydrogens (tertiary/aromatic N) is 1. The largest absolute Gasteiger partial charge is 0.309 e. The van der Waals surface area contributed by atoms with Crippen LogP contribution in [-0.4, -0.2) is 31.3 Å². The first-order valence-corrected chi connectivity index (χ1v) is 5.50. The molecule has 2 atom stereocenters. The van der Waals surface area contributed by atoms with Crippen LogP contribution in [0.1, 0.15) is 33.6 Å². The second-order valence-electron chi connectivity index (χ2n) is 5.78. The van der Waals surface area contributed by atoms with Crippen molar-refractivity contribution in [3.8, 4) is 0 Å². The average molecular weight is 234 g/mol. The van der Waals surface area contributed by atoms with Crippen LogP contribution in [0.15, 0.2) is 0 Å². The topological polar surface area (TPSA) is 20.3 Å². The maximum atomic E-state index is 11.9. The van der Waals surface area contributed by atoms with Crippen LogP contribution in [0, 0.1) is 17.3 Å². The van der Waals surface area contributed by atoms with Crippen molar-refractivity contribution in [2.45, 2.75) is 33.6 Å². The number of Topliss-reactive ketones (excluding diaryl/α,β-unsaturated/α-hetero) is 1. The minimum atomic E-state index is 0. The third-order valence-electron chi connectivity index (χ3n) is 3.30. The zero-order valence-electron chi connectivity index (χ0n) is 10.5. The van der Waals surface area contributed by atoms with Gasteiger partial charge in [0.05, 0.1) is 0 Å². The van der Waals surface area contributed by atoms with Crippen LogP contribution in [0.3, 0.4) is 0 Å². The van der Waals surface area contributed by atoms with Gasteiger partial charge in [0, 0.05) is 18.9 Å². The van der Waals surface area contributed by atoms with Crippen LogP contribution < -0.4 is 0 Å². The van der Waals surface area contributed by atoms with Crippen molar-refractivity contribution in [3.05, 3.63) is 0 Å². The summed E-state index contributed by atoms with van der Waals surface area (Å²) in [5.41, 5.74) is 0.180. The summed E-state index contributed by atoms with van der Waals surface area (Å²) >= 11 is 0. The zero-order chi connectivity index (χ0) is 10.9. The Balaban J connectivity index is 0.00000196. The van der Waals surface area contributed by atoms with E-state index in [4.69, 9.17) is 0 Å². The highest BCUT2D eigenvalue weighted by Crippen LogP contribution is 2.41. The number of halogens is 1. The highest BCUT2D eigenvalue weighted by atomic mass is 35.5. The van der Waals surface area contributed by atoms with Crippen molar-refractivity contribution in [3.63, 3.8) is 0 Å². The first-order chi connectivity index (χ1) is 6.33. The van der Waals surface area contributed by atoms with E-state index in [0.29, 0.717) is 11.7 Å². The Morgan fingerprint density at radius 2 is 1.93 bits per heavy atom. The van der Waals surface area contributed by atoms with Gasteiger partial charge in [0.15, 0.2) is 0 Å². The van der Waals surface area contributed by atoms with Gasteiger partial charge in [-0.1, -0.05) is 20.8 Å². The van der Waals surface area contributed by atoms with Crippen molar-refractivity contribution in [1.29, 1.82) is 0 Å². The lowest BCUT2D eigenvalue weighted by Gasteiger charge is -2.41. The lowest BCUT2D eigenvalue weighted by Crippen LogP contribution is -2.43. The molecule has 3 heteroatoms. The van der Waals surface area contributed by atoms with Crippen molar-refractivity contribution in [2.24, 2.45) is 17.3 Å². The lowest BCUT2D eigenvalue weighted by atomic mass is 9.65. The van der Waals surface area contributed by atoms with Crippen molar-refractivity contribution < 1.29 is 4.79 Å². The highest BCUT2D eigenvalue weighted by Gasteiger charge is 2.40. The van der Waals surface area contributed by atoms with Crippen molar-refractivity contribution >= 4 is 18.2 Å². The van der Waals surface area contributed by atoms with E-state index in [1.54, 1.807) is 0 Å². The van der Waals surface area contributed by atoms with Crippen LogP contribution in [-0.2, 0) is 4.79 Å². The lowest BCUT2D eigenvalue weighted by molar-refractivity contribution is -0.132. The molecule has 0 saturated heterocycles. The van der Waals surface area contributed by atoms with E-state index in [0.717, 1.165) is 13.0 Å². The predicted molar refractivity (Wildman–Crippen MR) is 66.5 cm³/mol. The van der Waals surface area contributed by atoms with Crippen LogP contribution in [0.5, 0.6) is 0 Å². The summed E-state index contributed by atoms with van der Waals surface area (Å²) in [6, 6.07) is 0. The molecule has 0 spiro atoms. The summed E-state index contributed by atoms with van der Waals surface area (Å²) in [5, 5.41) is 0. The minimum Gasteiger partial charge on any atom is -0.309 e. The number of hydrogen-bond donors (Lipinski definition) is 0. The fourth-order valence-electron chi connectivity index (χ4n) is 2.75. The Bertz CT molecular complexity index is 226. The van der Waals surface area contributed by atoms with Crippen LogP contribution >= 0.6 is 12.4 Å². The molecule has 1 aliphatic rings. The van der Waals surface area contributed by atoms with E-state index in [1.165, 1.54) is 6.42 Å². The summed E-state index contributed by atoms with van der Waals surface area (Å²) in [4.78, 5) is 14.1. The van der Waals surface area contributed by atoms with Gasteiger partial charge in [0.1, 0.15) is 5.78 Å². The van der Waals surface area contributed by atoms with Gasteiger partial charge in [0.25, 0.3) is 0 Å². The molecule has 2 unspecified atom stereocenters. The van der Waals surface area contributed by atoms with E-state index < -0.39 is 0 Å². The van der Waals surface area contributed by atoms with Crippen molar-refractivity contribution in [2.75, 3.05) is 20.6 Å². The molecule has 1 rings (SSSR count). The van der Waals surface area contributed by atoms with Gasteiger partial charge in [-0.25, -0.2) is 0 Å². The second-order valence-corrected chi connectivity index (χ2v) is 5.78. The molecule has 0 bridgehead atoms. The third-order valence-corrected chi connectivity index (χ3v) is 3.30. The molecule has 0 aromatic heterocycles. The molecule has 2 nitrogen and oxygen atoms in total. The molecule has 0 N–H and O–H groups in total. The van der Waals surface area contributed by atoms with Gasteiger partial charge in [-0.3, -0.25) is 4.79 Å². The smallest absolute Gasteiger partial charge is 0.138 e. The normalized spacial score (nSPS) is 30.1. The monoisotopic (exact) mass is 233 g/mol. The van der Waals surface area contributed by atoms with Crippen molar-refractivity contribution in [1.82, 2.24) is 4.90 Å². The van der Waals surface area contributed by atoms with Gasteiger partial charge < -0.3 is 4.90 Å². The molecule has 1 aliphatic carbocycles. The van der Waals surface area contributed by atoms with E-state index in [-0.39, 0.29) is 23.7 Å². The Kier molecular flexibility index (Phi) is 5.28. The third kappa shape index (κ3) is 3.76. The van der Waals surface area contributed by atoms with Crippen LogP contribution in [0.25, 0.3) is 0 Å². The maximum absolute atomic E-state index is 11.9. The molecular formula is C12H24ClNO. The van der Waals surface area contributed by atoms with Gasteiger partial charge in [-0.2, -0.15) is 0 Å². The van der Waals surface area contributed by atoms with E-state index in [1.807, 2.05) is 14.1 Å². The predicted octanol–water partition coefficient (Wildman–Crippen LogP) is 2.61. The Labute approximate surface area is 99.8 Å². The number of carbonyl (C=O) groups excluding carboxylic acids is 1. The number of hydrogen-bond acceptors (Lipinski definition) is 2. The Morgan fingerprint density at radius 1 is 1.40 bits per heavy atom. The summed E-state index contributed by atoms with van der Waals surface area (Å²) in [6.07, 6.45) is 1.96. The van der Waals surface area contributed by atoms with Crippen LogP contribution in [0.4, 0.5) is 0 Å². The Hall–Kier alpha value is -0.0800. The first-order valence-electron chi connectivity index (χ1n) is 5.50. The molecule has 0 aliphatic heterocycles. The second kappa shape index (κ2) is 5.31. The molecule has 0 aromatic rings. The molecule has 0 amide bonds. The zero-order valence-corrected chi connectivity index (χ0v) is 11.4. The van der Waals surface area contributed by atoms with Gasteiger partial charge in [-0.05, 0) is 31.8 Å². The van der Waals surface area contributed by atoms with E-state index >= 15 is 0 Å². The fourth-order valence-corrected chi connectivity index (χ4v) is 2.75. The molecule has 90 valence electrons. The number of carbonyl (C=O) groups is 1. The van der Waals surface area contributed by atoms with Gasteiger partial charge in [0.2, 0.25) is 0 Å². The SMILES string of the molecule is CC1CC(=O)C(CN(C)C)C(C)(C)C1.Cl. The van der Waals surface area contributed by atoms with E-state index in [9.17, 15) is 4.79 Å². The molecule has 0 heterocycles. The molecule has 0 aromatic carbocycles. The standard InChI is InChI=1S/C12H23NO.ClH/c1-9-6-11(14)10(8-13(4)5)12(2,3)7-9;/h9-10H,6-8H2,1-5H3;1H. The molecule has 1 saturated carbocycles. The first kappa shape index (κ1) is 14.9. The Morgan fingerprint density at radius 3 is 2.33 bits per heavy atom. The maximum Gasteiger partial charge on any atom is 0.138 e. The van der Waals surface area contributed by atoms with Gasteiger partial charge >= 0.3 is 0 Å². The van der Waals surface area contributed by atoms with Crippen LogP contribution in [0.2, 0.25) is 0 Å². The molecular weight excluding hydrogens is 210 g/mol. The minimum absolute atomic E-state index is 0. The van der Waals surface area contributed by atoms with E-state index in [2.05, 4.69) is 25.7 Å². The molecule has 1 fully saturated rings. The quantitative estimate of drug-likeness (QED) is 0.731. The number of rotatable bonds is 2. The molecule has 15 heavy (non-hydrogen) atoms. The molecule has 0 radical (unpaired) electrons. The highest BCUT2D eigenvalue weighted by molar-refractivity contribution is 5.85. The number of ketones is 1. The fraction of sp³-hybridized carbons (Fsp3) is 0.917. The summed E-state index contributed by atoms with van der Waals surface area (Å²) in [5.74, 6) is 1.26. The average Bonchev–Trinajstić information content (AvgIpc) is 1.95.